The van der Waals surface area contributed by atoms with Crippen LogP contribution >= 0.6 is 0 Å². The molecule has 1 atom stereocenters. The summed E-state index contributed by atoms with van der Waals surface area (Å²) in [5.41, 5.74) is -2.36. The van der Waals surface area contributed by atoms with E-state index in [-0.39, 0.29) is 11.4 Å². The Hall–Kier alpha value is -3.17. The normalized spacial score (nSPS) is 12.3. The molecule has 0 spiro atoms. The lowest BCUT2D eigenvalue weighted by molar-refractivity contribution is -0.384. The molecule has 0 unspecified atom stereocenters. The smallest absolute Gasteiger partial charge is 0.368 e. The van der Waals surface area contributed by atoms with Gasteiger partial charge >= 0.3 is 6.18 Å². The van der Waals surface area contributed by atoms with Crippen LogP contribution in [0.5, 0.6) is 0 Å². The van der Waals surface area contributed by atoms with Crippen LogP contribution in [0.2, 0.25) is 0 Å². The number of nitro benzene ring substituents is 1. The van der Waals surface area contributed by atoms with Crippen molar-refractivity contribution in [2.75, 3.05) is 10.6 Å². The van der Waals surface area contributed by atoms with Crippen molar-refractivity contribution in [1.82, 2.24) is 0 Å². The number of nitrogens with one attached hydrogen (secondary N) is 2. The van der Waals surface area contributed by atoms with Crippen LogP contribution in [-0.4, -0.2) is 16.9 Å². The average molecular weight is 371 g/mol. The minimum absolute atomic E-state index is 0.0898. The molecule has 0 bridgehead atoms. The molecule has 6 nitrogen and oxygen atoms in total. The molecule has 2 aromatic rings. The fourth-order valence-electron chi connectivity index (χ4n) is 2.08. The molecule has 0 aliphatic heterocycles. The van der Waals surface area contributed by atoms with Crippen molar-refractivity contribution in [1.29, 1.82) is 0 Å². The predicted molar refractivity (Wildman–Crippen MR) is 86.2 cm³/mol. The fraction of sp³-hybridized carbons (Fsp3) is 0.188. The molecular weight excluding hydrogens is 358 g/mol. The first-order valence-electron chi connectivity index (χ1n) is 7.27. The van der Waals surface area contributed by atoms with Crippen LogP contribution in [0.1, 0.15) is 12.5 Å². The number of anilines is 2. The summed E-state index contributed by atoms with van der Waals surface area (Å²) in [6.45, 7) is 1.33. The maximum atomic E-state index is 13.5. The van der Waals surface area contributed by atoms with Gasteiger partial charge in [0.1, 0.15) is 17.5 Å². The molecular formula is C16H13F4N3O3. The zero-order valence-electron chi connectivity index (χ0n) is 13.3. The zero-order valence-corrected chi connectivity index (χ0v) is 13.3. The van der Waals surface area contributed by atoms with Gasteiger partial charge in [0.15, 0.2) is 0 Å². The number of alkyl halides is 3. The van der Waals surface area contributed by atoms with E-state index in [2.05, 4.69) is 10.6 Å². The number of amides is 1. The van der Waals surface area contributed by atoms with E-state index in [9.17, 15) is 32.5 Å². The number of nitro groups is 1. The lowest BCUT2D eigenvalue weighted by Crippen LogP contribution is -2.32. The maximum absolute atomic E-state index is 13.5. The molecule has 0 radical (unpaired) electrons. The highest BCUT2D eigenvalue weighted by atomic mass is 19.4. The van der Waals surface area contributed by atoms with E-state index in [0.717, 1.165) is 12.1 Å². The molecule has 10 heteroatoms. The summed E-state index contributed by atoms with van der Waals surface area (Å²) in [4.78, 5) is 22.1. The highest BCUT2D eigenvalue weighted by molar-refractivity contribution is 5.96. The maximum Gasteiger partial charge on any atom is 0.416 e. The summed E-state index contributed by atoms with van der Waals surface area (Å²) in [6, 6.07) is 6.21. The van der Waals surface area contributed by atoms with Gasteiger partial charge in [-0.3, -0.25) is 14.9 Å². The summed E-state index contributed by atoms with van der Waals surface area (Å²) in [7, 11) is 0. The van der Waals surface area contributed by atoms with Crippen LogP contribution in [0.4, 0.5) is 34.6 Å². The zero-order chi connectivity index (χ0) is 19.5. The van der Waals surface area contributed by atoms with E-state index >= 15 is 0 Å². The van der Waals surface area contributed by atoms with Gasteiger partial charge in [-0.1, -0.05) is 12.1 Å². The Kier molecular flexibility index (Phi) is 5.44. The molecule has 1 amide bonds. The number of rotatable bonds is 5. The summed E-state index contributed by atoms with van der Waals surface area (Å²) in [5.74, 6) is -1.39. The molecule has 0 aliphatic carbocycles. The summed E-state index contributed by atoms with van der Waals surface area (Å²) in [6.07, 6.45) is -4.74. The number of para-hydroxylation sites is 1. The van der Waals surface area contributed by atoms with Crippen molar-refractivity contribution in [3.8, 4) is 0 Å². The van der Waals surface area contributed by atoms with Crippen LogP contribution in [0.15, 0.2) is 42.5 Å². The number of benzene rings is 2. The monoisotopic (exact) mass is 371 g/mol. The Morgan fingerprint density at radius 3 is 2.38 bits per heavy atom. The van der Waals surface area contributed by atoms with Crippen molar-refractivity contribution >= 4 is 23.0 Å². The Morgan fingerprint density at radius 1 is 1.15 bits per heavy atom. The minimum Gasteiger partial charge on any atom is -0.368 e. The highest BCUT2D eigenvalue weighted by Crippen LogP contribution is 2.35. The number of hydrogen-bond acceptors (Lipinski definition) is 4. The van der Waals surface area contributed by atoms with Crippen molar-refractivity contribution in [3.05, 3.63) is 64.0 Å². The van der Waals surface area contributed by atoms with Gasteiger partial charge < -0.3 is 10.6 Å². The number of halogens is 4. The van der Waals surface area contributed by atoms with Gasteiger partial charge in [-0.05, 0) is 31.2 Å². The van der Waals surface area contributed by atoms with Crippen LogP contribution in [-0.2, 0) is 11.0 Å². The molecule has 2 N–H and O–H groups in total. The predicted octanol–water partition coefficient (Wildman–Crippen LogP) is 4.19. The van der Waals surface area contributed by atoms with E-state index < -0.39 is 40.1 Å². The Bertz CT molecular complexity index is 840. The van der Waals surface area contributed by atoms with Crippen LogP contribution in [0.3, 0.4) is 0 Å². The van der Waals surface area contributed by atoms with Crippen molar-refractivity contribution in [2.24, 2.45) is 0 Å². The molecule has 0 saturated carbocycles. The first-order valence-corrected chi connectivity index (χ1v) is 7.27. The molecule has 138 valence electrons. The van der Waals surface area contributed by atoms with E-state index in [1.165, 1.54) is 25.1 Å². The lowest BCUT2D eigenvalue weighted by atomic mass is 10.1. The first-order chi connectivity index (χ1) is 12.1. The second kappa shape index (κ2) is 7.38. The van der Waals surface area contributed by atoms with Gasteiger partial charge in [-0.25, -0.2) is 4.39 Å². The van der Waals surface area contributed by atoms with Gasteiger partial charge in [0.2, 0.25) is 5.91 Å². The number of nitrogens with zero attached hydrogens (tertiary/aromatic N) is 1. The van der Waals surface area contributed by atoms with Crippen molar-refractivity contribution < 1.29 is 27.3 Å². The van der Waals surface area contributed by atoms with Crippen molar-refractivity contribution in [2.45, 2.75) is 19.1 Å². The van der Waals surface area contributed by atoms with Gasteiger partial charge in [-0.2, -0.15) is 13.2 Å². The van der Waals surface area contributed by atoms with Gasteiger partial charge in [0, 0.05) is 6.07 Å². The van der Waals surface area contributed by atoms with Crippen LogP contribution in [0, 0.1) is 15.9 Å². The van der Waals surface area contributed by atoms with Gasteiger partial charge in [0.05, 0.1) is 16.2 Å². The third kappa shape index (κ3) is 4.47. The summed E-state index contributed by atoms with van der Waals surface area (Å²) < 4.78 is 51.6. The highest BCUT2D eigenvalue weighted by Gasteiger charge is 2.33. The summed E-state index contributed by atoms with van der Waals surface area (Å²) in [5, 5.41) is 15.8. The van der Waals surface area contributed by atoms with Gasteiger partial charge in [-0.15, -0.1) is 0 Å². The molecule has 2 aromatic carbocycles. The minimum atomic E-state index is -4.74. The number of hydrogen-bond donors (Lipinski definition) is 2. The molecule has 0 aromatic heterocycles. The molecule has 0 heterocycles. The molecule has 26 heavy (non-hydrogen) atoms. The third-order valence-electron chi connectivity index (χ3n) is 3.42. The number of carbonyl (C=O) groups excluding carboxylic acids is 1. The molecule has 2 rings (SSSR count). The standard InChI is InChI=1S/C16H13F4N3O3/c1-9(15(24)22-12-5-3-2-4-11(12)17)21-13-7-6-10(16(18,19)20)8-14(13)23(25)26/h2-9,21H,1H3,(H,22,24)/t9-/m0/s1. The van der Waals surface area contributed by atoms with Gasteiger partial charge in [0.25, 0.3) is 5.69 Å². The largest absolute Gasteiger partial charge is 0.416 e. The molecule has 0 aliphatic rings. The SMILES string of the molecule is C[C@H](Nc1ccc(C(F)(F)F)cc1[N+](=O)[O-])C(=O)Nc1ccccc1F. The summed E-state index contributed by atoms with van der Waals surface area (Å²) >= 11 is 0. The van der Waals surface area contributed by atoms with Crippen molar-refractivity contribution in [3.63, 3.8) is 0 Å². The quantitative estimate of drug-likeness (QED) is 0.469. The molecule has 0 fully saturated rings. The number of carbonyl (C=O) groups is 1. The van der Waals surface area contributed by atoms with E-state index in [1.54, 1.807) is 0 Å². The second-order valence-electron chi connectivity index (χ2n) is 5.32. The van der Waals surface area contributed by atoms with E-state index in [4.69, 9.17) is 0 Å². The Balaban J connectivity index is 2.20. The van der Waals surface area contributed by atoms with Crippen LogP contribution < -0.4 is 10.6 Å². The first kappa shape index (κ1) is 19.2. The van der Waals surface area contributed by atoms with E-state index in [0.29, 0.717) is 12.1 Å². The lowest BCUT2D eigenvalue weighted by Gasteiger charge is -2.16. The third-order valence-corrected chi connectivity index (χ3v) is 3.42. The average Bonchev–Trinajstić information content (AvgIpc) is 2.56. The van der Waals surface area contributed by atoms with E-state index in [1.807, 2.05) is 0 Å². The Labute approximate surface area is 145 Å². The fourth-order valence-corrected chi connectivity index (χ4v) is 2.08. The van der Waals surface area contributed by atoms with Crippen LogP contribution in [0.25, 0.3) is 0 Å². The second-order valence-corrected chi connectivity index (χ2v) is 5.32. The molecule has 0 saturated heterocycles. The Morgan fingerprint density at radius 2 is 1.81 bits per heavy atom. The topological polar surface area (TPSA) is 84.3 Å².